The van der Waals surface area contributed by atoms with Gasteiger partial charge < -0.3 is 10.2 Å². The third kappa shape index (κ3) is 2.79. The summed E-state index contributed by atoms with van der Waals surface area (Å²) in [6.07, 6.45) is 0. The molecule has 1 aromatic heterocycles. The standard InChI is InChI=1S/C18H18N2O2/c1-12-3-2-4-13(7-12)17-9-18(20-19-17)14-5-6-15(10-21)16(8-14)11-22/h2-9,21-22H,10-11H2,1H3,(H,19,20). The summed E-state index contributed by atoms with van der Waals surface area (Å²) >= 11 is 0. The summed E-state index contributed by atoms with van der Waals surface area (Å²) in [6, 6.07) is 15.8. The maximum absolute atomic E-state index is 9.40. The predicted octanol–water partition coefficient (Wildman–Crippen LogP) is 3.04. The van der Waals surface area contributed by atoms with Gasteiger partial charge in [-0.25, -0.2) is 0 Å². The molecule has 0 amide bonds. The Kier molecular flexibility index (Phi) is 4.04. The highest BCUT2D eigenvalue weighted by molar-refractivity contribution is 5.69. The second-order valence-corrected chi connectivity index (χ2v) is 5.34. The highest BCUT2D eigenvalue weighted by atomic mass is 16.3. The summed E-state index contributed by atoms with van der Waals surface area (Å²) in [4.78, 5) is 0. The number of aliphatic hydroxyl groups excluding tert-OH is 2. The van der Waals surface area contributed by atoms with Gasteiger partial charge in [-0.15, -0.1) is 0 Å². The third-order valence-corrected chi connectivity index (χ3v) is 3.75. The quantitative estimate of drug-likeness (QED) is 0.692. The van der Waals surface area contributed by atoms with Crippen molar-refractivity contribution >= 4 is 0 Å². The lowest BCUT2D eigenvalue weighted by molar-refractivity contribution is 0.260. The van der Waals surface area contributed by atoms with Crippen LogP contribution in [0.25, 0.3) is 22.5 Å². The molecule has 3 rings (SSSR count). The monoisotopic (exact) mass is 294 g/mol. The summed E-state index contributed by atoms with van der Waals surface area (Å²) < 4.78 is 0. The van der Waals surface area contributed by atoms with Crippen LogP contribution >= 0.6 is 0 Å². The third-order valence-electron chi connectivity index (χ3n) is 3.75. The second kappa shape index (κ2) is 6.13. The van der Waals surface area contributed by atoms with Crippen LogP contribution in [0.5, 0.6) is 0 Å². The van der Waals surface area contributed by atoms with Crippen LogP contribution in [-0.4, -0.2) is 20.4 Å². The van der Waals surface area contributed by atoms with Crippen LogP contribution in [0.15, 0.2) is 48.5 Å². The first kappa shape index (κ1) is 14.5. The van der Waals surface area contributed by atoms with Crippen molar-refractivity contribution in [1.29, 1.82) is 0 Å². The first-order valence-electron chi connectivity index (χ1n) is 7.17. The van der Waals surface area contributed by atoms with E-state index in [1.807, 2.05) is 36.4 Å². The molecule has 1 heterocycles. The molecular weight excluding hydrogens is 276 g/mol. The highest BCUT2D eigenvalue weighted by Crippen LogP contribution is 2.26. The number of nitrogens with one attached hydrogen (secondary N) is 1. The molecule has 0 spiro atoms. The Morgan fingerprint density at radius 2 is 1.73 bits per heavy atom. The summed E-state index contributed by atoms with van der Waals surface area (Å²) in [7, 11) is 0. The fourth-order valence-electron chi connectivity index (χ4n) is 2.52. The zero-order valence-electron chi connectivity index (χ0n) is 12.4. The lowest BCUT2D eigenvalue weighted by Crippen LogP contribution is -1.94. The van der Waals surface area contributed by atoms with Gasteiger partial charge in [0.25, 0.3) is 0 Å². The summed E-state index contributed by atoms with van der Waals surface area (Å²) in [6.45, 7) is 1.88. The van der Waals surface area contributed by atoms with Crippen molar-refractivity contribution in [3.63, 3.8) is 0 Å². The van der Waals surface area contributed by atoms with Gasteiger partial charge in [0.05, 0.1) is 24.6 Å². The summed E-state index contributed by atoms with van der Waals surface area (Å²) in [5.41, 5.74) is 6.43. The molecule has 0 bridgehead atoms. The van der Waals surface area contributed by atoms with Gasteiger partial charge in [0.1, 0.15) is 0 Å². The summed E-state index contributed by atoms with van der Waals surface area (Å²) in [5, 5.41) is 26.1. The zero-order chi connectivity index (χ0) is 15.5. The number of hydrogen-bond donors (Lipinski definition) is 3. The molecule has 0 aliphatic carbocycles. The molecule has 4 heteroatoms. The van der Waals surface area contributed by atoms with Crippen molar-refractivity contribution in [3.8, 4) is 22.5 Å². The minimum atomic E-state index is -0.0983. The van der Waals surface area contributed by atoms with Crippen LogP contribution in [0, 0.1) is 6.92 Å². The Labute approximate surface area is 129 Å². The van der Waals surface area contributed by atoms with Crippen LogP contribution < -0.4 is 0 Å². The van der Waals surface area contributed by atoms with E-state index < -0.39 is 0 Å². The Bertz CT molecular complexity index is 793. The topological polar surface area (TPSA) is 69.1 Å². The molecule has 3 aromatic rings. The fourth-order valence-corrected chi connectivity index (χ4v) is 2.52. The number of nitrogens with zero attached hydrogens (tertiary/aromatic N) is 1. The minimum absolute atomic E-state index is 0.0781. The Morgan fingerprint density at radius 1 is 0.909 bits per heavy atom. The van der Waals surface area contributed by atoms with Crippen molar-refractivity contribution in [1.82, 2.24) is 10.2 Å². The van der Waals surface area contributed by atoms with E-state index in [-0.39, 0.29) is 13.2 Å². The molecule has 0 atom stereocenters. The normalized spacial score (nSPS) is 10.9. The zero-order valence-corrected chi connectivity index (χ0v) is 12.4. The predicted molar refractivity (Wildman–Crippen MR) is 86.0 cm³/mol. The molecule has 3 N–H and O–H groups in total. The van der Waals surface area contributed by atoms with E-state index in [9.17, 15) is 10.2 Å². The van der Waals surface area contributed by atoms with Gasteiger partial charge >= 0.3 is 0 Å². The SMILES string of the molecule is Cc1cccc(-c2cc(-c3ccc(CO)c(CO)c3)n[nH]2)c1. The molecule has 0 saturated heterocycles. The smallest absolute Gasteiger partial charge is 0.0927 e. The van der Waals surface area contributed by atoms with Gasteiger partial charge in [-0.2, -0.15) is 5.10 Å². The number of rotatable bonds is 4. The Morgan fingerprint density at radius 3 is 2.45 bits per heavy atom. The van der Waals surface area contributed by atoms with E-state index in [0.717, 1.165) is 33.6 Å². The number of H-pyrrole nitrogens is 1. The van der Waals surface area contributed by atoms with Crippen molar-refractivity contribution in [2.75, 3.05) is 0 Å². The lowest BCUT2D eigenvalue weighted by atomic mass is 10.0. The van der Waals surface area contributed by atoms with E-state index in [4.69, 9.17) is 0 Å². The average molecular weight is 294 g/mol. The highest BCUT2D eigenvalue weighted by Gasteiger charge is 2.09. The number of benzene rings is 2. The van der Waals surface area contributed by atoms with Crippen LogP contribution in [0.4, 0.5) is 0 Å². The maximum Gasteiger partial charge on any atom is 0.0927 e. The number of aromatic amines is 1. The molecule has 0 unspecified atom stereocenters. The second-order valence-electron chi connectivity index (χ2n) is 5.34. The maximum atomic E-state index is 9.40. The molecule has 0 aliphatic rings. The van der Waals surface area contributed by atoms with Crippen molar-refractivity contribution in [3.05, 3.63) is 65.2 Å². The van der Waals surface area contributed by atoms with E-state index in [1.165, 1.54) is 5.56 Å². The van der Waals surface area contributed by atoms with Crippen molar-refractivity contribution in [2.45, 2.75) is 20.1 Å². The van der Waals surface area contributed by atoms with Crippen LogP contribution in [0.3, 0.4) is 0 Å². The van der Waals surface area contributed by atoms with Crippen LogP contribution in [0.2, 0.25) is 0 Å². The first-order valence-corrected chi connectivity index (χ1v) is 7.17. The molecule has 0 saturated carbocycles. The van der Waals surface area contributed by atoms with E-state index in [1.54, 1.807) is 0 Å². The number of aryl methyl sites for hydroxylation is 1. The van der Waals surface area contributed by atoms with Gasteiger partial charge in [0.15, 0.2) is 0 Å². The summed E-state index contributed by atoms with van der Waals surface area (Å²) in [5.74, 6) is 0. The van der Waals surface area contributed by atoms with Crippen molar-refractivity contribution < 1.29 is 10.2 Å². The van der Waals surface area contributed by atoms with Gasteiger partial charge in [0.2, 0.25) is 0 Å². The molecule has 0 aliphatic heterocycles. The molecule has 112 valence electrons. The van der Waals surface area contributed by atoms with Gasteiger partial charge in [-0.1, -0.05) is 35.9 Å². The average Bonchev–Trinajstić information content (AvgIpc) is 3.04. The molecule has 22 heavy (non-hydrogen) atoms. The fraction of sp³-hybridized carbons (Fsp3) is 0.167. The van der Waals surface area contributed by atoms with Gasteiger partial charge in [-0.05, 0) is 41.8 Å². The van der Waals surface area contributed by atoms with E-state index in [0.29, 0.717) is 0 Å². The Hall–Kier alpha value is -2.43. The first-order chi connectivity index (χ1) is 10.7. The van der Waals surface area contributed by atoms with E-state index in [2.05, 4.69) is 29.3 Å². The number of aliphatic hydroxyl groups is 2. The lowest BCUT2D eigenvalue weighted by Gasteiger charge is -2.06. The number of hydrogen-bond acceptors (Lipinski definition) is 3. The van der Waals surface area contributed by atoms with Gasteiger partial charge in [-0.3, -0.25) is 5.10 Å². The molecule has 0 radical (unpaired) electrons. The Balaban J connectivity index is 1.97. The van der Waals surface area contributed by atoms with E-state index >= 15 is 0 Å². The molecule has 4 nitrogen and oxygen atoms in total. The molecular formula is C18H18N2O2. The largest absolute Gasteiger partial charge is 0.392 e. The minimum Gasteiger partial charge on any atom is -0.392 e. The molecule has 0 fully saturated rings. The number of aromatic nitrogens is 2. The van der Waals surface area contributed by atoms with Crippen molar-refractivity contribution in [2.24, 2.45) is 0 Å². The van der Waals surface area contributed by atoms with Gasteiger partial charge in [0, 0.05) is 5.56 Å². The van der Waals surface area contributed by atoms with Crippen LogP contribution in [-0.2, 0) is 13.2 Å². The molecule has 2 aromatic carbocycles. The van der Waals surface area contributed by atoms with Crippen LogP contribution in [0.1, 0.15) is 16.7 Å².